The van der Waals surface area contributed by atoms with Crippen molar-refractivity contribution in [2.75, 3.05) is 32.2 Å². The lowest BCUT2D eigenvalue weighted by Gasteiger charge is -2.15. The maximum Gasteiger partial charge on any atom is 0.185 e. The predicted molar refractivity (Wildman–Crippen MR) is 117 cm³/mol. The van der Waals surface area contributed by atoms with Crippen molar-refractivity contribution in [2.45, 2.75) is 53.4 Å². The third-order valence-electron chi connectivity index (χ3n) is 5.29. The van der Waals surface area contributed by atoms with Crippen LogP contribution < -0.4 is 4.90 Å². The highest BCUT2D eigenvalue weighted by Gasteiger charge is 2.23. The minimum Gasteiger partial charge on any atom is -0.383 e. The van der Waals surface area contributed by atoms with Crippen molar-refractivity contribution in [3.8, 4) is 10.6 Å². The van der Waals surface area contributed by atoms with Gasteiger partial charge in [0.25, 0.3) is 0 Å². The number of rotatable bonds is 8. The molecule has 0 aromatic carbocycles. The van der Waals surface area contributed by atoms with Crippen molar-refractivity contribution >= 4 is 22.1 Å². The number of hydrogen-bond acceptors (Lipinski definition) is 6. The summed E-state index contributed by atoms with van der Waals surface area (Å²) in [5, 5.41) is 5.82. The van der Waals surface area contributed by atoms with Crippen LogP contribution in [0.3, 0.4) is 0 Å². The van der Waals surface area contributed by atoms with Gasteiger partial charge >= 0.3 is 0 Å². The molecule has 3 aromatic heterocycles. The molecule has 0 spiro atoms. The normalized spacial score (nSPS) is 11.7. The summed E-state index contributed by atoms with van der Waals surface area (Å²) in [6.45, 7) is 12.2. The molecule has 0 saturated carbocycles. The average Bonchev–Trinajstić information content (AvgIpc) is 3.19. The Morgan fingerprint density at radius 2 is 1.86 bits per heavy atom. The molecule has 0 atom stereocenters. The molecular weight excluding hydrogens is 370 g/mol. The lowest BCUT2D eigenvalue weighted by atomic mass is 9.95. The Kier molecular flexibility index (Phi) is 6.35. The fraction of sp³-hybridized carbons (Fsp3) is 0.571. The van der Waals surface area contributed by atoms with Crippen molar-refractivity contribution in [3.05, 3.63) is 28.7 Å². The molecular formula is C21H31N5OS. The van der Waals surface area contributed by atoms with Crippen LogP contribution in [0.1, 0.15) is 55.3 Å². The number of nitrogens with zero attached hydrogens (tertiary/aromatic N) is 5. The van der Waals surface area contributed by atoms with E-state index >= 15 is 0 Å². The van der Waals surface area contributed by atoms with Crippen LogP contribution in [-0.4, -0.2) is 46.9 Å². The topological polar surface area (TPSA) is 55.5 Å². The smallest absolute Gasteiger partial charge is 0.185 e. The molecule has 0 saturated heterocycles. The second kappa shape index (κ2) is 8.57. The maximum absolute atomic E-state index is 5.20. The van der Waals surface area contributed by atoms with Gasteiger partial charge in [-0.2, -0.15) is 5.10 Å². The summed E-state index contributed by atoms with van der Waals surface area (Å²) in [6.07, 6.45) is 2.20. The van der Waals surface area contributed by atoms with Gasteiger partial charge in [0.05, 0.1) is 28.6 Å². The van der Waals surface area contributed by atoms with E-state index in [2.05, 4.69) is 52.6 Å². The molecule has 3 aromatic rings. The molecule has 0 N–H and O–H groups in total. The molecule has 7 heteroatoms. The molecule has 0 fully saturated rings. The van der Waals surface area contributed by atoms with Crippen LogP contribution >= 0.6 is 11.3 Å². The molecule has 0 aliphatic carbocycles. The third kappa shape index (κ3) is 3.78. The Labute approximate surface area is 171 Å². The zero-order valence-electron chi connectivity index (χ0n) is 18.0. The highest BCUT2D eigenvalue weighted by atomic mass is 32.1. The number of aromatic nitrogens is 4. The molecule has 6 nitrogen and oxygen atoms in total. The van der Waals surface area contributed by atoms with Gasteiger partial charge in [-0.1, -0.05) is 25.2 Å². The van der Waals surface area contributed by atoms with E-state index in [0.29, 0.717) is 12.5 Å². The van der Waals surface area contributed by atoms with E-state index in [-0.39, 0.29) is 0 Å². The number of hydrogen-bond donors (Lipinski definition) is 0. The number of thiazole rings is 1. The first-order chi connectivity index (χ1) is 13.4. The second-order valence-corrected chi connectivity index (χ2v) is 8.34. The van der Waals surface area contributed by atoms with Crippen LogP contribution in [0, 0.1) is 20.8 Å². The van der Waals surface area contributed by atoms with Gasteiger partial charge in [0.2, 0.25) is 0 Å². The van der Waals surface area contributed by atoms with Crippen LogP contribution in [0.4, 0.5) is 5.13 Å². The maximum atomic E-state index is 5.20. The number of fused-ring (bicyclic) bond motifs is 1. The molecule has 0 radical (unpaired) electrons. The van der Waals surface area contributed by atoms with Gasteiger partial charge in [0.15, 0.2) is 10.8 Å². The van der Waals surface area contributed by atoms with Crippen LogP contribution in [0.5, 0.6) is 0 Å². The Bertz CT molecular complexity index is 958. The van der Waals surface area contributed by atoms with E-state index in [1.54, 1.807) is 18.4 Å². The number of methoxy groups -OCH3 is 1. The molecule has 0 aliphatic heterocycles. The monoisotopic (exact) mass is 401 g/mol. The van der Waals surface area contributed by atoms with Crippen molar-refractivity contribution < 1.29 is 4.74 Å². The largest absolute Gasteiger partial charge is 0.383 e. The van der Waals surface area contributed by atoms with E-state index in [9.17, 15) is 0 Å². The van der Waals surface area contributed by atoms with Gasteiger partial charge in [-0.3, -0.25) is 0 Å². The Hall–Kier alpha value is -1.99. The fourth-order valence-electron chi connectivity index (χ4n) is 3.66. The highest BCUT2D eigenvalue weighted by molar-refractivity contribution is 7.19. The van der Waals surface area contributed by atoms with E-state index in [0.717, 1.165) is 57.8 Å². The molecule has 3 rings (SSSR count). The first kappa shape index (κ1) is 20.7. The molecule has 0 amide bonds. The zero-order chi connectivity index (χ0) is 20.4. The Balaban J connectivity index is 2.14. The summed E-state index contributed by atoms with van der Waals surface area (Å²) in [5.74, 6) is 0.497. The molecule has 152 valence electrons. The first-order valence-electron chi connectivity index (χ1n) is 9.95. The average molecular weight is 402 g/mol. The summed E-state index contributed by atoms with van der Waals surface area (Å²) in [7, 11) is 3.77. The summed E-state index contributed by atoms with van der Waals surface area (Å²) in [4.78, 5) is 13.0. The molecule has 3 heterocycles. The number of likely N-dealkylation sites (N-methyl/N-ethyl adjacent to an activating group) is 1. The lowest BCUT2D eigenvalue weighted by molar-refractivity contribution is 0.206. The molecule has 0 aliphatic rings. The number of aryl methyl sites for hydroxylation is 3. The first-order valence-corrected chi connectivity index (χ1v) is 10.8. The minimum absolute atomic E-state index is 0.497. The third-order valence-corrected chi connectivity index (χ3v) is 6.57. The van der Waals surface area contributed by atoms with Gasteiger partial charge in [-0.05, 0) is 45.6 Å². The van der Waals surface area contributed by atoms with E-state index in [1.165, 1.54) is 5.56 Å². The fourth-order valence-corrected chi connectivity index (χ4v) is 4.79. The van der Waals surface area contributed by atoms with Crippen molar-refractivity contribution in [1.82, 2.24) is 19.6 Å². The predicted octanol–water partition coefficient (Wildman–Crippen LogP) is 4.76. The summed E-state index contributed by atoms with van der Waals surface area (Å²) in [6, 6.07) is 2.20. The summed E-state index contributed by atoms with van der Waals surface area (Å²) in [5.41, 5.74) is 6.38. The van der Waals surface area contributed by atoms with Gasteiger partial charge < -0.3 is 9.64 Å². The highest BCUT2D eigenvalue weighted by Crippen LogP contribution is 2.37. The second-order valence-electron chi connectivity index (χ2n) is 7.36. The van der Waals surface area contributed by atoms with E-state index in [4.69, 9.17) is 19.8 Å². The number of imidazole rings is 1. The van der Waals surface area contributed by atoms with Crippen LogP contribution in [-0.2, 0) is 4.74 Å². The molecule has 28 heavy (non-hydrogen) atoms. The molecule has 0 unspecified atom stereocenters. The minimum atomic E-state index is 0.497. The van der Waals surface area contributed by atoms with Crippen LogP contribution in [0.2, 0.25) is 0 Å². The van der Waals surface area contributed by atoms with Crippen molar-refractivity contribution in [1.29, 1.82) is 0 Å². The van der Waals surface area contributed by atoms with Crippen molar-refractivity contribution in [3.63, 3.8) is 0 Å². The number of ether oxygens (including phenoxy) is 1. The SMILES string of the molecule is CCC(CC)c1cc(C)nn2c(-c3sc(N(C)CCOC)nc3C)c(C)nc12. The lowest BCUT2D eigenvalue weighted by Crippen LogP contribution is -2.21. The van der Waals surface area contributed by atoms with Crippen LogP contribution in [0.15, 0.2) is 6.07 Å². The Morgan fingerprint density at radius 1 is 1.14 bits per heavy atom. The number of anilines is 1. The summed E-state index contributed by atoms with van der Waals surface area (Å²) >= 11 is 1.69. The quantitative estimate of drug-likeness (QED) is 0.544. The Morgan fingerprint density at radius 3 is 2.50 bits per heavy atom. The van der Waals surface area contributed by atoms with Gasteiger partial charge in [-0.15, -0.1) is 0 Å². The molecule has 0 bridgehead atoms. The van der Waals surface area contributed by atoms with Gasteiger partial charge in [0.1, 0.15) is 5.69 Å². The van der Waals surface area contributed by atoms with Crippen LogP contribution in [0.25, 0.3) is 16.2 Å². The van der Waals surface area contributed by atoms with E-state index in [1.807, 2.05) is 4.52 Å². The summed E-state index contributed by atoms with van der Waals surface area (Å²) < 4.78 is 7.24. The van der Waals surface area contributed by atoms with Gasteiger partial charge in [-0.25, -0.2) is 14.5 Å². The van der Waals surface area contributed by atoms with Gasteiger partial charge in [0, 0.05) is 26.3 Å². The zero-order valence-corrected chi connectivity index (χ0v) is 18.9. The standard InChI is InChI=1S/C21H31N5OS/c1-8-16(9-2)17-12-13(3)24-26-18(14(4)22-20(17)26)19-15(5)23-21(28-19)25(6)10-11-27-7/h12,16H,8-11H2,1-7H3. The van der Waals surface area contributed by atoms with Crippen molar-refractivity contribution in [2.24, 2.45) is 0 Å². The van der Waals surface area contributed by atoms with E-state index < -0.39 is 0 Å².